The topological polar surface area (TPSA) is 67.9 Å². The van der Waals surface area contributed by atoms with Gasteiger partial charge in [0.2, 0.25) is 0 Å². The average molecular weight is 496 g/mol. The molecular formula is C20H18FIN2O4. The minimum absolute atomic E-state index is 0.0619. The largest absolute Gasteiger partial charge is 0.493 e. The second-order valence-electron chi connectivity index (χ2n) is 5.97. The van der Waals surface area contributed by atoms with E-state index in [0.717, 1.165) is 8.47 Å². The van der Waals surface area contributed by atoms with E-state index in [1.165, 1.54) is 31.4 Å². The number of methoxy groups -OCH3 is 1. The number of benzene rings is 2. The number of hydrogen-bond acceptors (Lipinski definition) is 4. The molecule has 1 aliphatic heterocycles. The van der Waals surface area contributed by atoms with Crippen LogP contribution in [0.2, 0.25) is 0 Å². The Morgan fingerprint density at radius 2 is 1.93 bits per heavy atom. The van der Waals surface area contributed by atoms with Gasteiger partial charge in [-0.3, -0.25) is 9.69 Å². The Balaban J connectivity index is 1.85. The second-order valence-corrected chi connectivity index (χ2v) is 7.14. The Hall–Kier alpha value is -2.62. The van der Waals surface area contributed by atoms with Crippen molar-refractivity contribution in [2.45, 2.75) is 13.5 Å². The van der Waals surface area contributed by atoms with Gasteiger partial charge in [0, 0.05) is 0 Å². The fourth-order valence-corrected chi connectivity index (χ4v) is 3.54. The molecule has 1 heterocycles. The maximum atomic E-state index is 13.0. The van der Waals surface area contributed by atoms with Gasteiger partial charge in [-0.05, 0) is 71.0 Å². The molecule has 28 heavy (non-hydrogen) atoms. The standard InChI is InChI=1S/C20H18FIN2O4/c1-3-28-18-15(22)8-13(10-17(18)27-2)9-16-19(25)24(20(26)23-16)11-12-4-6-14(21)7-5-12/h4-10H,3,11H2,1-2H3,(H,23,26)/b16-9-. The molecule has 0 atom stereocenters. The molecule has 0 bridgehead atoms. The van der Waals surface area contributed by atoms with E-state index >= 15 is 0 Å². The Morgan fingerprint density at radius 1 is 1.21 bits per heavy atom. The summed E-state index contributed by atoms with van der Waals surface area (Å²) < 4.78 is 24.8. The van der Waals surface area contributed by atoms with Crippen LogP contribution in [0, 0.1) is 9.39 Å². The van der Waals surface area contributed by atoms with Gasteiger partial charge in [-0.1, -0.05) is 12.1 Å². The third-order valence-corrected chi connectivity index (χ3v) is 4.87. The van der Waals surface area contributed by atoms with Crippen LogP contribution in [0.25, 0.3) is 6.08 Å². The predicted octanol–water partition coefficient (Wildman–Crippen LogP) is 3.93. The molecule has 6 nitrogen and oxygen atoms in total. The Morgan fingerprint density at radius 3 is 2.57 bits per heavy atom. The molecule has 8 heteroatoms. The number of amides is 3. The molecule has 0 radical (unpaired) electrons. The van der Waals surface area contributed by atoms with Crippen molar-refractivity contribution < 1.29 is 23.5 Å². The van der Waals surface area contributed by atoms with Crippen molar-refractivity contribution in [3.05, 3.63) is 62.6 Å². The number of ether oxygens (including phenoxy) is 2. The number of carbonyl (C=O) groups excluding carboxylic acids is 2. The van der Waals surface area contributed by atoms with Crippen molar-refractivity contribution in [2.75, 3.05) is 13.7 Å². The van der Waals surface area contributed by atoms with Crippen molar-refractivity contribution in [1.82, 2.24) is 10.2 Å². The monoisotopic (exact) mass is 496 g/mol. The lowest BCUT2D eigenvalue weighted by atomic mass is 10.1. The van der Waals surface area contributed by atoms with Crippen LogP contribution in [-0.2, 0) is 11.3 Å². The van der Waals surface area contributed by atoms with Crippen LogP contribution in [0.4, 0.5) is 9.18 Å². The molecule has 1 saturated heterocycles. The van der Waals surface area contributed by atoms with Crippen LogP contribution in [-0.4, -0.2) is 30.6 Å². The van der Waals surface area contributed by atoms with Gasteiger partial charge in [0.15, 0.2) is 11.5 Å². The van der Waals surface area contributed by atoms with E-state index in [-0.39, 0.29) is 18.1 Å². The summed E-state index contributed by atoms with van der Waals surface area (Å²) in [4.78, 5) is 25.9. The van der Waals surface area contributed by atoms with Crippen molar-refractivity contribution in [3.8, 4) is 11.5 Å². The summed E-state index contributed by atoms with van der Waals surface area (Å²) in [5, 5.41) is 2.58. The number of rotatable bonds is 6. The number of hydrogen-bond donors (Lipinski definition) is 1. The molecule has 0 saturated carbocycles. The third kappa shape index (κ3) is 4.27. The number of carbonyl (C=O) groups is 2. The van der Waals surface area contributed by atoms with E-state index < -0.39 is 11.9 Å². The predicted molar refractivity (Wildman–Crippen MR) is 110 cm³/mol. The second kappa shape index (κ2) is 8.59. The Labute approximate surface area is 175 Å². The molecule has 146 valence electrons. The van der Waals surface area contributed by atoms with Crippen LogP contribution in [0.1, 0.15) is 18.1 Å². The van der Waals surface area contributed by atoms with Gasteiger partial charge in [0.25, 0.3) is 5.91 Å². The van der Waals surface area contributed by atoms with Crippen LogP contribution < -0.4 is 14.8 Å². The van der Waals surface area contributed by atoms with E-state index in [2.05, 4.69) is 27.9 Å². The number of halogens is 2. The number of nitrogens with one attached hydrogen (secondary N) is 1. The van der Waals surface area contributed by atoms with E-state index in [0.29, 0.717) is 29.2 Å². The van der Waals surface area contributed by atoms with Gasteiger partial charge in [-0.25, -0.2) is 9.18 Å². The first-order valence-corrected chi connectivity index (χ1v) is 9.60. The highest BCUT2D eigenvalue weighted by Gasteiger charge is 2.33. The molecule has 0 unspecified atom stereocenters. The van der Waals surface area contributed by atoms with E-state index in [4.69, 9.17) is 9.47 Å². The minimum Gasteiger partial charge on any atom is -0.493 e. The normalized spacial score (nSPS) is 15.1. The summed E-state index contributed by atoms with van der Waals surface area (Å²) in [7, 11) is 1.54. The summed E-state index contributed by atoms with van der Waals surface area (Å²) in [5.41, 5.74) is 1.51. The fraction of sp³-hybridized carbons (Fsp3) is 0.200. The fourth-order valence-electron chi connectivity index (χ4n) is 2.76. The van der Waals surface area contributed by atoms with Crippen LogP contribution in [0.15, 0.2) is 42.1 Å². The molecular weight excluding hydrogens is 478 g/mol. The maximum absolute atomic E-state index is 13.0. The molecule has 0 aromatic heterocycles. The summed E-state index contributed by atoms with van der Waals surface area (Å²) in [6.07, 6.45) is 1.59. The molecule has 0 spiro atoms. The zero-order chi connectivity index (χ0) is 20.3. The van der Waals surface area contributed by atoms with Crippen LogP contribution in [0.3, 0.4) is 0 Å². The van der Waals surface area contributed by atoms with E-state index in [1.807, 2.05) is 13.0 Å². The molecule has 3 amide bonds. The van der Waals surface area contributed by atoms with Gasteiger partial charge in [0.1, 0.15) is 11.5 Å². The molecule has 1 aliphatic rings. The molecule has 1 fully saturated rings. The van der Waals surface area contributed by atoms with Crippen molar-refractivity contribution in [2.24, 2.45) is 0 Å². The molecule has 2 aromatic carbocycles. The first-order chi connectivity index (χ1) is 13.4. The summed E-state index contributed by atoms with van der Waals surface area (Å²) in [6, 6.07) is 8.71. The Kier molecular flexibility index (Phi) is 6.18. The zero-order valence-electron chi connectivity index (χ0n) is 15.3. The minimum atomic E-state index is -0.520. The SMILES string of the molecule is CCOc1c(I)cc(/C=C2\NC(=O)N(Cc3ccc(F)cc3)C2=O)cc1OC. The maximum Gasteiger partial charge on any atom is 0.329 e. The quantitative estimate of drug-likeness (QED) is 0.374. The highest BCUT2D eigenvalue weighted by molar-refractivity contribution is 14.1. The van der Waals surface area contributed by atoms with Gasteiger partial charge in [-0.2, -0.15) is 0 Å². The first-order valence-electron chi connectivity index (χ1n) is 8.52. The van der Waals surface area contributed by atoms with Gasteiger partial charge in [-0.15, -0.1) is 0 Å². The number of urea groups is 1. The Bertz CT molecular complexity index is 944. The zero-order valence-corrected chi connectivity index (χ0v) is 17.4. The van der Waals surface area contributed by atoms with Gasteiger partial charge < -0.3 is 14.8 Å². The summed E-state index contributed by atoms with van der Waals surface area (Å²) in [6.45, 7) is 2.44. The molecule has 3 rings (SSSR count). The van der Waals surface area contributed by atoms with Crippen molar-refractivity contribution in [1.29, 1.82) is 0 Å². The highest BCUT2D eigenvalue weighted by Crippen LogP contribution is 2.34. The van der Waals surface area contributed by atoms with Crippen LogP contribution >= 0.6 is 22.6 Å². The average Bonchev–Trinajstić information content (AvgIpc) is 2.92. The smallest absolute Gasteiger partial charge is 0.329 e. The number of imide groups is 1. The van der Waals surface area contributed by atoms with Gasteiger partial charge >= 0.3 is 6.03 Å². The molecule has 2 aromatic rings. The van der Waals surface area contributed by atoms with E-state index in [1.54, 1.807) is 12.1 Å². The lowest BCUT2D eigenvalue weighted by Gasteiger charge is -2.12. The van der Waals surface area contributed by atoms with Crippen LogP contribution in [0.5, 0.6) is 11.5 Å². The van der Waals surface area contributed by atoms with Gasteiger partial charge in [0.05, 0.1) is 23.8 Å². The summed E-state index contributed by atoms with van der Waals surface area (Å²) in [5.74, 6) is 0.353. The summed E-state index contributed by atoms with van der Waals surface area (Å²) >= 11 is 2.13. The third-order valence-electron chi connectivity index (χ3n) is 4.07. The lowest BCUT2D eigenvalue weighted by Crippen LogP contribution is -2.30. The highest BCUT2D eigenvalue weighted by atomic mass is 127. The van der Waals surface area contributed by atoms with Crippen molar-refractivity contribution in [3.63, 3.8) is 0 Å². The molecule has 0 aliphatic carbocycles. The van der Waals surface area contributed by atoms with Crippen molar-refractivity contribution >= 4 is 40.6 Å². The number of nitrogens with zero attached hydrogens (tertiary/aromatic N) is 1. The van der Waals surface area contributed by atoms with E-state index in [9.17, 15) is 14.0 Å². The first kappa shape index (κ1) is 20.1. The molecule has 1 N–H and O–H groups in total. The lowest BCUT2D eigenvalue weighted by molar-refractivity contribution is -0.123.